The molecule has 1 heterocycles. The topological polar surface area (TPSA) is 96.0 Å². The van der Waals surface area contributed by atoms with Gasteiger partial charge in [0.15, 0.2) is 0 Å². The number of alkyl halides is 3. The Morgan fingerprint density at radius 1 is 1.00 bits per heavy atom. The van der Waals surface area contributed by atoms with E-state index in [0.717, 1.165) is 0 Å². The fraction of sp³-hybridized carbons (Fsp3) is 0.368. The molecule has 11 heteroatoms. The van der Waals surface area contributed by atoms with Gasteiger partial charge in [0, 0.05) is 26.0 Å². The maximum absolute atomic E-state index is 13.6. The molecule has 162 valence electrons. The van der Waals surface area contributed by atoms with Crippen molar-refractivity contribution < 1.29 is 27.2 Å². The normalized spacial score (nSPS) is 11.1. The highest BCUT2D eigenvalue weighted by atomic mass is 19.4. The molecule has 2 aromatic rings. The average Bonchev–Trinajstić information content (AvgIpc) is 2.65. The van der Waals surface area contributed by atoms with Crippen LogP contribution in [0.4, 0.5) is 34.9 Å². The molecule has 0 atom stereocenters. The molecule has 1 aromatic heterocycles. The predicted octanol–water partition coefficient (Wildman–Crippen LogP) is 4.20. The molecule has 1 aromatic carbocycles. The molecule has 2 rings (SSSR count). The number of amides is 2. The highest BCUT2D eigenvalue weighted by Crippen LogP contribution is 2.31. The van der Waals surface area contributed by atoms with Gasteiger partial charge in [0.2, 0.25) is 11.8 Å². The quantitative estimate of drug-likeness (QED) is 0.412. The van der Waals surface area contributed by atoms with Crippen molar-refractivity contribution in [3.8, 4) is 0 Å². The van der Waals surface area contributed by atoms with Gasteiger partial charge in [-0.15, -0.1) is 0 Å². The molecular weight excluding hydrogens is 406 g/mol. The molecule has 0 aliphatic rings. The molecule has 0 radical (unpaired) electrons. The smallest absolute Gasteiger partial charge is 0.370 e. The minimum absolute atomic E-state index is 0.0515. The van der Waals surface area contributed by atoms with Crippen molar-refractivity contribution in [1.29, 1.82) is 0 Å². The first-order valence-electron chi connectivity index (χ1n) is 9.15. The Labute approximate surface area is 170 Å². The highest BCUT2D eigenvalue weighted by molar-refractivity contribution is 5.91. The van der Waals surface area contributed by atoms with E-state index in [1.165, 1.54) is 13.3 Å². The summed E-state index contributed by atoms with van der Waals surface area (Å²) in [6, 6.07) is 3.45. The van der Waals surface area contributed by atoms with E-state index in [1.807, 2.05) is 0 Å². The van der Waals surface area contributed by atoms with E-state index >= 15 is 0 Å². The van der Waals surface area contributed by atoms with Crippen molar-refractivity contribution in [2.75, 3.05) is 22.5 Å². The van der Waals surface area contributed by atoms with Crippen molar-refractivity contribution in [1.82, 2.24) is 9.97 Å². The summed E-state index contributed by atoms with van der Waals surface area (Å²) < 4.78 is 51.7. The van der Waals surface area contributed by atoms with Crippen LogP contribution in [0, 0.1) is 5.82 Å². The SMILES string of the molecule is CC(=O)Nc1cc(NCCCCCC(=O)Nc2cc(C(F)(F)F)ccc2F)ncn1. The third kappa shape index (κ3) is 7.64. The third-order valence-corrected chi connectivity index (χ3v) is 3.93. The monoisotopic (exact) mass is 427 g/mol. The fourth-order valence-electron chi connectivity index (χ4n) is 2.52. The van der Waals surface area contributed by atoms with Crippen LogP contribution in [-0.2, 0) is 15.8 Å². The third-order valence-electron chi connectivity index (χ3n) is 3.93. The van der Waals surface area contributed by atoms with E-state index < -0.39 is 29.2 Å². The van der Waals surface area contributed by atoms with Crippen LogP contribution in [0.5, 0.6) is 0 Å². The number of carbonyl (C=O) groups is 2. The summed E-state index contributed by atoms with van der Waals surface area (Å²) in [5.74, 6) is -0.825. The van der Waals surface area contributed by atoms with E-state index in [4.69, 9.17) is 0 Å². The number of hydrogen-bond donors (Lipinski definition) is 3. The van der Waals surface area contributed by atoms with Gasteiger partial charge in [0.25, 0.3) is 0 Å². The Hall–Kier alpha value is -3.24. The second-order valence-corrected chi connectivity index (χ2v) is 6.45. The van der Waals surface area contributed by atoms with E-state index in [-0.39, 0.29) is 12.3 Å². The van der Waals surface area contributed by atoms with Gasteiger partial charge in [-0.05, 0) is 31.0 Å². The Morgan fingerprint density at radius 2 is 1.73 bits per heavy atom. The second kappa shape index (κ2) is 10.5. The van der Waals surface area contributed by atoms with Crippen LogP contribution in [0.3, 0.4) is 0 Å². The molecule has 3 N–H and O–H groups in total. The van der Waals surface area contributed by atoms with Crippen LogP contribution in [0.15, 0.2) is 30.6 Å². The molecule has 0 saturated heterocycles. The first-order chi connectivity index (χ1) is 14.1. The minimum atomic E-state index is -4.62. The zero-order valence-electron chi connectivity index (χ0n) is 16.1. The first kappa shape index (κ1) is 23.0. The number of unbranched alkanes of at least 4 members (excludes halogenated alkanes) is 2. The number of nitrogens with zero attached hydrogens (tertiary/aromatic N) is 2. The summed E-state index contributed by atoms with van der Waals surface area (Å²) in [6.07, 6.45) is -1.41. The van der Waals surface area contributed by atoms with Crippen LogP contribution in [0.25, 0.3) is 0 Å². The van der Waals surface area contributed by atoms with Gasteiger partial charge in [0.1, 0.15) is 23.8 Å². The van der Waals surface area contributed by atoms with E-state index in [2.05, 4.69) is 25.9 Å². The van der Waals surface area contributed by atoms with Gasteiger partial charge >= 0.3 is 6.18 Å². The van der Waals surface area contributed by atoms with Crippen LogP contribution in [0.1, 0.15) is 38.2 Å². The predicted molar refractivity (Wildman–Crippen MR) is 103 cm³/mol. The van der Waals surface area contributed by atoms with E-state index in [9.17, 15) is 27.2 Å². The molecule has 0 unspecified atom stereocenters. The summed E-state index contributed by atoms with van der Waals surface area (Å²) in [4.78, 5) is 30.8. The van der Waals surface area contributed by atoms with Crippen LogP contribution < -0.4 is 16.0 Å². The number of carbonyl (C=O) groups excluding carboxylic acids is 2. The van der Waals surface area contributed by atoms with Gasteiger partial charge in [-0.25, -0.2) is 14.4 Å². The van der Waals surface area contributed by atoms with Crippen molar-refractivity contribution in [2.24, 2.45) is 0 Å². The number of benzene rings is 1. The van der Waals surface area contributed by atoms with Gasteiger partial charge in [-0.3, -0.25) is 9.59 Å². The lowest BCUT2D eigenvalue weighted by molar-refractivity contribution is -0.137. The number of aromatic nitrogens is 2. The lowest BCUT2D eigenvalue weighted by atomic mass is 10.1. The molecule has 0 aliphatic heterocycles. The van der Waals surface area contributed by atoms with Crippen LogP contribution in [0.2, 0.25) is 0 Å². The van der Waals surface area contributed by atoms with E-state index in [0.29, 0.717) is 55.6 Å². The average molecular weight is 427 g/mol. The summed E-state index contributed by atoms with van der Waals surface area (Å²) in [7, 11) is 0. The summed E-state index contributed by atoms with van der Waals surface area (Å²) in [6.45, 7) is 1.92. The summed E-state index contributed by atoms with van der Waals surface area (Å²) in [5.41, 5.74) is -1.52. The minimum Gasteiger partial charge on any atom is -0.370 e. The second-order valence-electron chi connectivity index (χ2n) is 6.45. The molecule has 30 heavy (non-hydrogen) atoms. The molecular formula is C19H21F4N5O2. The zero-order valence-corrected chi connectivity index (χ0v) is 16.1. The maximum Gasteiger partial charge on any atom is 0.416 e. The lowest BCUT2D eigenvalue weighted by Crippen LogP contribution is -2.14. The van der Waals surface area contributed by atoms with Gasteiger partial charge in [-0.1, -0.05) is 6.42 Å². The van der Waals surface area contributed by atoms with Crippen molar-refractivity contribution in [2.45, 2.75) is 38.8 Å². The first-order valence-corrected chi connectivity index (χ1v) is 9.15. The fourth-order valence-corrected chi connectivity index (χ4v) is 2.52. The molecule has 7 nitrogen and oxygen atoms in total. The maximum atomic E-state index is 13.6. The highest BCUT2D eigenvalue weighted by Gasteiger charge is 2.31. The number of anilines is 3. The van der Waals surface area contributed by atoms with E-state index in [1.54, 1.807) is 6.07 Å². The van der Waals surface area contributed by atoms with Gasteiger partial charge in [0.05, 0.1) is 11.3 Å². The van der Waals surface area contributed by atoms with Crippen LogP contribution >= 0.6 is 0 Å². The van der Waals surface area contributed by atoms with Crippen LogP contribution in [-0.4, -0.2) is 28.3 Å². The summed E-state index contributed by atoms with van der Waals surface area (Å²) in [5, 5.41) is 7.78. The Bertz CT molecular complexity index is 889. The van der Waals surface area contributed by atoms with Gasteiger partial charge < -0.3 is 16.0 Å². The zero-order chi connectivity index (χ0) is 22.1. The number of nitrogens with one attached hydrogen (secondary N) is 3. The Kier molecular flexibility index (Phi) is 8.07. The summed E-state index contributed by atoms with van der Waals surface area (Å²) >= 11 is 0. The standard InChI is InChI=1S/C19H21F4N5O2/c1-12(29)27-17-10-16(25-11-26-17)24-8-4-2-3-5-18(30)28-15-9-13(19(21,22)23)6-7-14(15)20/h6-7,9-11H,2-5,8H2,1H3,(H,28,30)(H2,24,25,26,27,29). The van der Waals surface area contributed by atoms with Crippen molar-refractivity contribution >= 4 is 29.1 Å². The van der Waals surface area contributed by atoms with Gasteiger partial charge in [-0.2, -0.15) is 13.2 Å². The van der Waals surface area contributed by atoms with Crippen molar-refractivity contribution in [3.05, 3.63) is 42.0 Å². The molecule has 2 amide bonds. The molecule has 0 saturated carbocycles. The Morgan fingerprint density at radius 3 is 2.43 bits per heavy atom. The lowest BCUT2D eigenvalue weighted by Gasteiger charge is -2.11. The molecule has 0 bridgehead atoms. The largest absolute Gasteiger partial charge is 0.416 e. The molecule has 0 fully saturated rings. The molecule has 0 spiro atoms. The Balaban J connectivity index is 1.70. The number of rotatable bonds is 9. The number of halogens is 4. The van der Waals surface area contributed by atoms with Crippen molar-refractivity contribution in [3.63, 3.8) is 0 Å². The molecule has 0 aliphatic carbocycles. The number of hydrogen-bond acceptors (Lipinski definition) is 5.